The van der Waals surface area contributed by atoms with Gasteiger partial charge in [-0.05, 0) is 12.1 Å². The van der Waals surface area contributed by atoms with Crippen LogP contribution in [0, 0.1) is 0 Å². The van der Waals surface area contributed by atoms with Crippen molar-refractivity contribution in [1.29, 1.82) is 0 Å². The average Bonchev–Trinajstić information content (AvgIpc) is 2.06. The number of hydrogen-bond acceptors (Lipinski definition) is 1. The van der Waals surface area contributed by atoms with E-state index >= 15 is 0 Å². The van der Waals surface area contributed by atoms with Crippen LogP contribution in [0.15, 0.2) is 30.3 Å². The molecule has 1 aromatic carbocycles. The highest BCUT2D eigenvalue weighted by Crippen LogP contribution is 2.17. The Morgan fingerprint density at radius 3 is 2.58 bits per heavy atom. The van der Waals surface area contributed by atoms with Crippen LogP contribution in [0.3, 0.4) is 0 Å². The Morgan fingerprint density at radius 1 is 1.33 bits per heavy atom. The largest absolute Gasteiger partial charge is 0.285 e. The molecule has 0 N–H and O–H groups in total. The summed E-state index contributed by atoms with van der Waals surface area (Å²) in [6, 6.07) is 10.7. The van der Waals surface area contributed by atoms with Crippen molar-refractivity contribution in [2.45, 2.75) is 13.2 Å². The molecule has 3 heteroatoms. The van der Waals surface area contributed by atoms with Crippen molar-refractivity contribution in [2.75, 3.05) is 5.75 Å². The van der Waals surface area contributed by atoms with Crippen LogP contribution >= 0.6 is 34.0 Å². The lowest BCUT2D eigenvalue weighted by molar-refractivity contribution is 1.40. The van der Waals surface area contributed by atoms with E-state index in [4.69, 9.17) is 0 Å². The van der Waals surface area contributed by atoms with E-state index in [0.717, 1.165) is 3.85 Å². The lowest BCUT2D eigenvalue weighted by atomic mass is 9.95. The minimum atomic E-state index is 0.718. The molecule has 0 nitrogen and oxygen atoms in total. The SMILES string of the molecule is CCSB(I)Cc1ccccc1. The van der Waals surface area contributed by atoms with Gasteiger partial charge >= 0.3 is 0 Å². The molecular weight excluding hydrogens is 278 g/mol. The van der Waals surface area contributed by atoms with E-state index in [1.165, 1.54) is 17.6 Å². The fraction of sp³-hybridized carbons (Fsp3) is 0.333. The summed E-state index contributed by atoms with van der Waals surface area (Å²) in [5.74, 6) is 1.21. The maximum absolute atomic E-state index is 2.51. The van der Waals surface area contributed by atoms with E-state index in [1.54, 1.807) is 0 Å². The second-order valence-electron chi connectivity index (χ2n) is 2.56. The highest BCUT2D eigenvalue weighted by molar-refractivity contribution is 14.1. The monoisotopic (exact) mass is 290 g/mol. The Hall–Kier alpha value is 0.365. The third-order valence-corrected chi connectivity index (χ3v) is 3.97. The van der Waals surface area contributed by atoms with Gasteiger partial charge in [0.25, 0.3) is 3.85 Å². The molecule has 0 aliphatic heterocycles. The number of benzene rings is 1. The van der Waals surface area contributed by atoms with Gasteiger partial charge in [0, 0.05) is 0 Å². The highest BCUT2D eigenvalue weighted by atomic mass is 127. The van der Waals surface area contributed by atoms with Gasteiger partial charge in [0.2, 0.25) is 0 Å². The van der Waals surface area contributed by atoms with Gasteiger partial charge in [-0.3, -0.25) is 0 Å². The first kappa shape index (κ1) is 10.4. The van der Waals surface area contributed by atoms with Crippen molar-refractivity contribution in [3.8, 4) is 0 Å². The van der Waals surface area contributed by atoms with Crippen molar-refractivity contribution < 1.29 is 0 Å². The molecule has 0 spiro atoms. The van der Waals surface area contributed by atoms with Crippen LogP contribution in [0.2, 0.25) is 0 Å². The standard InChI is InChI=1S/C9H12BIS/c1-2-12-10(11)8-9-6-4-3-5-7-9/h3-7H,2,8H2,1H3. The Balaban J connectivity index is 2.41. The summed E-state index contributed by atoms with van der Waals surface area (Å²) >= 11 is 4.52. The van der Waals surface area contributed by atoms with E-state index < -0.39 is 0 Å². The zero-order valence-electron chi connectivity index (χ0n) is 7.16. The zero-order chi connectivity index (χ0) is 8.81. The predicted molar refractivity (Wildman–Crippen MR) is 68.1 cm³/mol. The third-order valence-electron chi connectivity index (χ3n) is 1.59. The molecule has 1 rings (SSSR count). The lowest BCUT2D eigenvalue weighted by Gasteiger charge is -2.03. The second-order valence-corrected chi connectivity index (χ2v) is 6.38. The van der Waals surface area contributed by atoms with Crippen LogP contribution in [0.5, 0.6) is 0 Å². The molecule has 0 saturated carbocycles. The first-order valence-electron chi connectivity index (χ1n) is 4.12. The highest BCUT2D eigenvalue weighted by Gasteiger charge is 2.08. The van der Waals surface area contributed by atoms with Crippen molar-refractivity contribution in [2.24, 2.45) is 0 Å². The number of halogens is 1. The fourth-order valence-electron chi connectivity index (χ4n) is 1.04. The van der Waals surface area contributed by atoms with E-state index in [0.29, 0.717) is 0 Å². The maximum Gasteiger partial charge on any atom is 0.285 e. The average molecular weight is 290 g/mol. The molecule has 0 bridgehead atoms. The molecule has 0 saturated heterocycles. The molecule has 0 aliphatic carbocycles. The minimum absolute atomic E-state index is 0.718. The van der Waals surface area contributed by atoms with E-state index in [2.05, 4.69) is 59.6 Å². The van der Waals surface area contributed by atoms with Crippen LogP contribution in [0.25, 0.3) is 0 Å². The molecule has 12 heavy (non-hydrogen) atoms. The van der Waals surface area contributed by atoms with Gasteiger partial charge in [-0.15, -0.1) is 22.4 Å². The Kier molecular flexibility index (Phi) is 5.15. The molecule has 64 valence electrons. The minimum Gasteiger partial charge on any atom is -0.196 e. The molecule has 0 amide bonds. The first-order chi connectivity index (χ1) is 5.83. The van der Waals surface area contributed by atoms with Crippen molar-refractivity contribution in [3.63, 3.8) is 0 Å². The van der Waals surface area contributed by atoms with Gasteiger partial charge < -0.3 is 0 Å². The van der Waals surface area contributed by atoms with Gasteiger partial charge in [0.1, 0.15) is 0 Å². The summed E-state index contributed by atoms with van der Waals surface area (Å²) in [4.78, 5) is 0. The molecule has 0 fully saturated rings. The number of rotatable bonds is 4. The molecule has 0 radical (unpaired) electrons. The molecule has 1 aromatic rings. The van der Waals surface area contributed by atoms with Gasteiger partial charge in [-0.2, -0.15) is 11.6 Å². The van der Waals surface area contributed by atoms with Crippen LogP contribution in [0.4, 0.5) is 0 Å². The van der Waals surface area contributed by atoms with Crippen LogP contribution in [0.1, 0.15) is 12.5 Å². The maximum atomic E-state index is 2.51. The topological polar surface area (TPSA) is 0 Å². The summed E-state index contributed by atoms with van der Waals surface area (Å²) < 4.78 is 0.718. The quantitative estimate of drug-likeness (QED) is 0.604. The summed E-state index contributed by atoms with van der Waals surface area (Å²) in [6.07, 6.45) is 1.18. The number of hydrogen-bond donors (Lipinski definition) is 0. The Bertz CT molecular complexity index is 215. The van der Waals surface area contributed by atoms with E-state index in [-0.39, 0.29) is 0 Å². The molecule has 0 aromatic heterocycles. The summed E-state index contributed by atoms with van der Waals surface area (Å²) in [5, 5.41) is 0. The van der Waals surface area contributed by atoms with Crippen molar-refractivity contribution >= 4 is 37.8 Å². The van der Waals surface area contributed by atoms with Gasteiger partial charge in [-0.25, -0.2) is 0 Å². The fourth-order valence-corrected chi connectivity index (χ4v) is 3.30. The smallest absolute Gasteiger partial charge is 0.196 e. The van der Waals surface area contributed by atoms with Gasteiger partial charge in [0.15, 0.2) is 0 Å². The van der Waals surface area contributed by atoms with Gasteiger partial charge in [0.05, 0.1) is 0 Å². The lowest BCUT2D eigenvalue weighted by Crippen LogP contribution is -2.03. The van der Waals surface area contributed by atoms with Crippen molar-refractivity contribution in [1.82, 2.24) is 0 Å². The molecule has 0 atom stereocenters. The van der Waals surface area contributed by atoms with Crippen LogP contribution < -0.4 is 0 Å². The first-order valence-corrected chi connectivity index (χ1v) is 6.42. The molecular formula is C9H12BIS. The zero-order valence-corrected chi connectivity index (χ0v) is 10.1. The summed E-state index contributed by atoms with van der Waals surface area (Å²) in [6.45, 7) is 2.21. The summed E-state index contributed by atoms with van der Waals surface area (Å²) in [5.41, 5.74) is 1.44. The Morgan fingerprint density at radius 2 is 2.00 bits per heavy atom. The molecule has 0 aliphatic rings. The summed E-state index contributed by atoms with van der Waals surface area (Å²) in [7, 11) is 0. The van der Waals surface area contributed by atoms with Crippen LogP contribution in [-0.4, -0.2) is 9.60 Å². The second kappa shape index (κ2) is 5.92. The predicted octanol–water partition coefficient (Wildman–Crippen LogP) is 3.44. The molecule has 0 heterocycles. The normalized spacial score (nSPS) is 9.83. The molecule has 0 unspecified atom stereocenters. The van der Waals surface area contributed by atoms with E-state index in [9.17, 15) is 0 Å². The van der Waals surface area contributed by atoms with Gasteiger partial charge in [-0.1, -0.05) is 42.8 Å². The van der Waals surface area contributed by atoms with E-state index in [1.807, 2.05) is 11.6 Å². The van der Waals surface area contributed by atoms with Crippen molar-refractivity contribution in [3.05, 3.63) is 35.9 Å². The van der Waals surface area contributed by atoms with Crippen LogP contribution in [-0.2, 0) is 6.32 Å². The third kappa shape index (κ3) is 3.85. The Labute approximate surface area is 92.4 Å².